The first kappa shape index (κ1) is 18.2. The van der Waals surface area contributed by atoms with Gasteiger partial charge in [0.25, 0.3) is 0 Å². The maximum Gasteiger partial charge on any atom is 0.306 e. The molecule has 0 aromatic heterocycles. The molecule has 6 nitrogen and oxygen atoms in total. The van der Waals surface area contributed by atoms with Crippen molar-refractivity contribution in [2.75, 3.05) is 32.4 Å². The maximum absolute atomic E-state index is 12.2. The first-order valence-corrected chi connectivity index (χ1v) is 7.78. The largest absolute Gasteiger partial charge is 0.497 e. The molecule has 1 aromatic rings. The smallest absolute Gasteiger partial charge is 0.306 e. The maximum atomic E-state index is 12.2. The van der Waals surface area contributed by atoms with Crippen molar-refractivity contribution >= 4 is 29.3 Å². The summed E-state index contributed by atoms with van der Waals surface area (Å²) in [6.07, 6.45) is 0.279. The van der Waals surface area contributed by atoms with E-state index in [-0.39, 0.29) is 23.5 Å². The molecular weight excluding hydrogens is 306 g/mol. The number of nitrogens with one attached hydrogen (secondary N) is 1. The van der Waals surface area contributed by atoms with Crippen LogP contribution in [-0.4, -0.2) is 44.2 Å². The van der Waals surface area contributed by atoms with Gasteiger partial charge in [0.1, 0.15) is 11.5 Å². The van der Waals surface area contributed by atoms with Gasteiger partial charge in [-0.2, -0.15) is 0 Å². The predicted octanol–water partition coefficient (Wildman–Crippen LogP) is 2.33. The van der Waals surface area contributed by atoms with E-state index in [1.165, 1.54) is 26.0 Å². The topological polar surface area (TPSA) is 73.9 Å². The fourth-order valence-electron chi connectivity index (χ4n) is 1.64. The molecule has 0 unspecified atom stereocenters. The zero-order valence-electron chi connectivity index (χ0n) is 13.2. The van der Waals surface area contributed by atoms with Crippen LogP contribution < -0.4 is 14.8 Å². The molecule has 0 aliphatic rings. The Morgan fingerprint density at radius 3 is 2.55 bits per heavy atom. The molecular formula is C15H21NO5S. The minimum absolute atomic E-state index is 0.165. The van der Waals surface area contributed by atoms with Gasteiger partial charge in [0.2, 0.25) is 5.91 Å². The number of carbonyl (C=O) groups excluding carboxylic acids is 2. The second-order valence-corrected chi connectivity index (χ2v) is 5.84. The molecule has 22 heavy (non-hydrogen) atoms. The molecule has 0 saturated carbocycles. The van der Waals surface area contributed by atoms with E-state index >= 15 is 0 Å². The van der Waals surface area contributed by atoms with Gasteiger partial charge in [-0.1, -0.05) is 0 Å². The van der Waals surface area contributed by atoms with Gasteiger partial charge in [-0.25, -0.2) is 0 Å². The third-order valence-corrected chi connectivity index (χ3v) is 4.09. The Kier molecular flexibility index (Phi) is 7.59. The Morgan fingerprint density at radius 1 is 1.23 bits per heavy atom. The summed E-state index contributed by atoms with van der Waals surface area (Å²) in [5, 5.41) is 2.50. The SMILES string of the molecule is COC(=O)CCS[C@@H](C)C(=O)Nc1cc(OC)ccc1OC. The molecule has 1 rings (SSSR count). The van der Waals surface area contributed by atoms with Crippen molar-refractivity contribution in [3.63, 3.8) is 0 Å². The molecule has 1 aromatic carbocycles. The Morgan fingerprint density at radius 2 is 1.95 bits per heavy atom. The van der Waals surface area contributed by atoms with Crippen molar-refractivity contribution in [1.82, 2.24) is 0 Å². The van der Waals surface area contributed by atoms with E-state index in [2.05, 4.69) is 10.1 Å². The number of esters is 1. The van der Waals surface area contributed by atoms with Gasteiger partial charge in [-0.05, 0) is 19.1 Å². The number of thioether (sulfide) groups is 1. The average Bonchev–Trinajstić information content (AvgIpc) is 2.54. The number of hydrogen-bond acceptors (Lipinski definition) is 6. The van der Waals surface area contributed by atoms with Gasteiger partial charge in [0.15, 0.2) is 0 Å². The Labute approximate surface area is 134 Å². The van der Waals surface area contributed by atoms with E-state index in [0.717, 1.165) is 0 Å². The van der Waals surface area contributed by atoms with Gasteiger partial charge in [-0.3, -0.25) is 9.59 Å². The number of ether oxygens (including phenoxy) is 3. The number of benzene rings is 1. The van der Waals surface area contributed by atoms with E-state index < -0.39 is 0 Å². The Bertz CT molecular complexity index is 521. The monoisotopic (exact) mass is 327 g/mol. The normalized spacial score (nSPS) is 11.5. The predicted molar refractivity (Wildman–Crippen MR) is 86.7 cm³/mol. The van der Waals surface area contributed by atoms with Crippen LogP contribution in [0.5, 0.6) is 11.5 Å². The van der Waals surface area contributed by atoms with Gasteiger partial charge < -0.3 is 19.5 Å². The van der Waals surface area contributed by atoms with E-state index in [0.29, 0.717) is 22.9 Å². The lowest BCUT2D eigenvalue weighted by atomic mass is 10.2. The first-order valence-electron chi connectivity index (χ1n) is 6.73. The summed E-state index contributed by atoms with van der Waals surface area (Å²) >= 11 is 1.39. The summed E-state index contributed by atoms with van der Waals surface area (Å²) in [5.41, 5.74) is 0.548. The van der Waals surface area contributed by atoms with Gasteiger partial charge in [0.05, 0.1) is 38.7 Å². The number of anilines is 1. The lowest BCUT2D eigenvalue weighted by Crippen LogP contribution is -2.23. The van der Waals surface area contributed by atoms with Crippen molar-refractivity contribution in [2.24, 2.45) is 0 Å². The highest BCUT2D eigenvalue weighted by atomic mass is 32.2. The van der Waals surface area contributed by atoms with Crippen LogP contribution in [0.3, 0.4) is 0 Å². The average molecular weight is 327 g/mol. The van der Waals surface area contributed by atoms with Crippen LogP contribution in [0.25, 0.3) is 0 Å². The molecule has 7 heteroatoms. The zero-order valence-corrected chi connectivity index (χ0v) is 14.0. The first-order chi connectivity index (χ1) is 10.5. The van der Waals surface area contributed by atoms with E-state index in [1.54, 1.807) is 32.2 Å². The minimum Gasteiger partial charge on any atom is -0.497 e. The van der Waals surface area contributed by atoms with E-state index in [1.807, 2.05) is 0 Å². The van der Waals surface area contributed by atoms with Crippen molar-refractivity contribution in [1.29, 1.82) is 0 Å². The van der Waals surface area contributed by atoms with Crippen molar-refractivity contribution in [3.8, 4) is 11.5 Å². The van der Waals surface area contributed by atoms with Gasteiger partial charge in [0, 0.05) is 11.8 Å². The Balaban J connectivity index is 2.61. The van der Waals surface area contributed by atoms with Crippen LogP contribution in [0, 0.1) is 0 Å². The zero-order chi connectivity index (χ0) is 16.5. The van der Waals surface area contributed by atoms with Crippen LogP contribution >= 0.6 is 11.8 Å². The molecule has 122 valence electrons. The van der Waals surface area contributed by atoms with Crippen LogP contribution in [0.15, 0.2) is 18.2 Å². The summed E-state index contributed by atoms with van der Waals surface area (Å²) in [6, 6.07) is 5.18. The van der Waals surface area contributed by atoms with E-state index in [4.69, 9.17) is 9.47 Å². The highest BCUT2D eigenvalue weighted by molar-refractivity contribution is 8.00. The summed E-state index contributed by atoms with van der Waals surface area (Å²) in [6.45, 7) is 1.78. The summed E-state index contributed by atoms with van der Waals surface area (Å²) in [5.74, 6) is 1.26. The highest BCUT2D eigenvalue weighted by Gasteiger charge is 2.16. The second kappa shape index (κ2) is 9.19. The lowest BCUT2D eigenvalue weighted by Gasteiger charge is -2.15. The molecule has 0 saturated heterocycles. The summed E-state index contributed by atoms with van der Waals surface area (Å²) in [4.78, 5) is 23.2. The third-order valence-electron chi connectivity index (χ3n) is 2.94. The molecule has 1 amide bonds. The molecule has 0 spiro atoms. The van der Waals surface area contributed by atoms with Gasteiger partial charge >= 0.3 is 5.97 Å². The number of hydrogen-bond donors (Lipinski definition) is 1. The number of amides is 1. The molecule has 0 aliphatic heterocycles. The van der Waals surface area contributed by atoms with Gasteiger partial charge in [-0.15, -0.1) is 11.8 Å². The quantitative estimate of drug-likeness (QED) is 0.739. The van der Waals surface area contributed by atoms with Crippen LogP contribution in [0.2, 0.25) is 0 Å². The van der Waals surface area contributed by atoms with Crippen LogP contribution in [0.1, 0.15) is 13.3 Å². The van der Waals surface area contributed by atoms with Crippen molar-refractivity contribution in [3.05, 3.63) is 18.2 Å². The third kappa shape index (κ3) is 5.48. The fourth-order valence-corrected chi connectivity index (χ4v) is 2.49. The molecule has 0 fully saturated rings. The minimum atomic E-state index is -0.305. The molecule has 0 bridgehead atoms. The van der Waals surface area contributed by atoms with Crippen molar-refractivity contribution in [2.45, 2.75) is 18.6 Å². The lowest BCUT2D eigenvalue weighted by molar-refractivity contribution is -0.140. The van der Waals surface area contributed by atoms with Crippen molar-refractivity contribution < 1.29 is 23.8 Å². The van der Waals surface area contributed by atoms with Crippen LogP contribution in [-0.2, 0) is 14.3 Å². The molecule has 0 aliphatic carbocycles. The molecule has 0 radical (unpaired) electrons. The second-order valence-electron chi connectivity index (χ2n) is 4.39. The van der Waals surface area contributed by atoms with E-state index in [9.17, 15) is 9.59 Å². The standard InChI is InChI=1S/C15H21NO5S/c1-10(22-8-7-14(17)21-4)15(18)16-12-9-11(19-2)5-6-13(12)20-3/h5-6,9-10H,7-8H2,1-4H3,(H,16,18)/t10-/m0/s1. The molecule has 1 atom stereocenters. The van der Waals surface area contributed by atoms with Crippen LogP contribution in [0.4, 0.5) is 5.69 Å². The summed E-state index contributed by atoms with van der Waals surface area (Å²) in [7, 11) is 4.43. The number of rotatable bonds is 8. The fraction of sp³-hybridized carbons (Fsp3) is 0.467. The molecule has 1 N–H and O–H groups in total. The number of carbonyl (C=O) groups is 2. The highest BCUT2D eigenvalue weighted by Crippen LogP contribution is 2.29. The Hall–Kier alpha value is -1.89. The number of methoxy groups -OCH3 is 3. The summed E-state index contributed by atoms with van der Waals surface area (Å²) < 4.78 is 14.9. The molecule has 0 heterocycles.